The third-order valence-electron chi connectivity index (χ3n) is 4.22. The number of hydrogen-bond donors (Lipinski definition) is 1. The zero-order valence-corrected chi connectivity index (χ0v) is 9.95. The summed E-state index contributed by atoms with van der Waals surface area (Å²) < 4.78 is 0. The molecule has 16 heavy (non-hydrogen) atoms. The van der Waals surface area contributed by atoms with Crippen molar-refractivity contribution in [2.24, 2.45) is 11.7 Å². The summed E-state index contributed by atoms with van der Waals surface area (Å²) in [6.45, 7) is 4.13. The van der Waals surface area contributed by atoms with Crippen molar-refractivity contribution in [1.29, 1.82) is 0 Å². The number of fused-ring (bicyclic) bond motifs is 2. The molecule has 86 valence electrons. The first-order chi connectivity index (χ1) is 7.78. The standard InChI is InChI=1S/C14H20N2/c1-10-6-11(8-15)3-5-14(10)16-9-12-2-4-13(16)7-12/h3,5-6,12-13H,2,4,7-9,15H2,1H3. The summed E-state index contributed by atoms with van der Waals surface area (Å²) in [5.74, 6) is 0.957. The Kier molecular flexibility index (Phi) is 2.40. The molecule has 1 heterocycles. The van der Waals surface area contributed by atoms with Crippen LogP contribution in [-0.2, 0) is 6.54 Å². The van der Waals surface area contributed by atoms with Crippen molar-refractivity contribution < 1.29 is 0 Å². The fourth-order valence-corrected chi connectivity index (χ4v) is 3.39. The molecular formula is C14H20N2. The summed E-state index contributed by atoms with van der Waals surface area (Å²) in [7, 11) is 0. The summed E-state index contributed by atoms with van der Waals surface area (Å²) in [6.07, 6.45) is 4.25. The zero-order valence-electron chi connectivity index (χ0n) is 9.95. The minimum Gasteiger partial charge on any atom is -0.368 e. The second kappa shape index (κ2) is 3.77. The van der Waals surface area contributed by atoms with Crippen LogP contribution in [0.15, 0.2) is 18.2 Å². The van der Waals surface area contributed by atoms with Gasteiger partial charge in [0.25, 0.3) is 0 Å². The number of benzene rings is 1. The summed E-state index contributed by atoms with van der Waals surface area (Å²) in [4.78, 5) is 2.61. The molecule has 1 saturated heterocycles. The zero-order chi connectivity index (χ0) is 11.1. The van der Waals surface area contributed by atoms with E-state index in [-0.39, 0.29) is 0 Å². The van der Waals surface area contributed by atoms with E-state index >= 15 is 0 Å². The molecule has 2 atom stereocenters. The van der Waals surface area contributed by atoms with E-state index in [0.29, 0.717) is 6.54 Å². The second-order valence-electron chi connectivity index (χ2n) is 5.31. The smallest absolute Gasteiger partial charge is 0.0398 e. The first kappa shape index (κ1) is 10.2. The fraction of sp³-hybridized carbons (Fsp3) is 0.571. The Hall–Kier alpha value is -1.02. The molecule has 2 heteroatoms. The molecule has 1 aliphatic carbocycles. The van der Waals surface area contributed by atoms with E-state index in [1.54, 1.807) is 0 Å². The Morgan fingerprint density at radius 3 is 2.81 bits per heavy atom. The lowest BCUT2D eigenvalue weighted by Crippen LogP contribution is -2.32. The average Bonchev–Trinajstić information content (AvgIpc) is 2.90. The van der Waals surface area contributed by atoms with Crippen LogP contribution in [0.3, 0.4) is 0 Å². The molecule has 2 fully saturated rings. The van der Waals surface area contributed by atoms with Gasteiger partial charge in [0.2, 0.25) is 0 Å². The number of aryl methyl sites for hydroxylation is 1. The van der Waals surface area contributed by atoms with E-state index < -0.39 is 0 Å². The summed E-state index contributed by atoms with van der Waals surface area (Å²) >= 11 is 0. The van der Waals surface area contributed by atoms with Gasteiger partial charge in [-0.1, -0.05) is 12.1 Å². The highest BCUT2D eigenvalue weighted by atomic mass is 15.2. The van der Waals surface area contributed by atoms with E-state index in [0.717, 1.165) is 12.0 Å². The number of rotatable bonds is 2. The summed E-state index contributed by atoms with van der Waals surface area (Å²) in [5.41, 5.74) is 9.73. The maximum Gasteiger partial charge on any atom is 0.0398 e. The van der Waals surface area contributed by atoms with E-state index in [1.165, 1.54) is 42.6 Å². The molecule has 1 aromatic carbocycles. The molecule has 0 aromatic heterocycles. The van der Waals surface area contributed by atoms with Crippen molar-refractivity contribution in [3.05, 3.63) is 29.3 Å². The lowest BCUT2D eigenvalue weighted by Gasteiger charge is -2.30. The number of hydrogen-bond acceptors (Lipinski definition) is 2. The Morgan fingerprint density at radius 2 is 2.25 bits per heavy atom. The number of anilines is 1. The monoisotopic (exact) mass is 216 g/mol. The maximum atomic E-state index is 5.67. The molecule has 1 aliphatic heterocycles. The molecule has 0 spiro atoms. The Bertz CT molecular complexity index is 400. The van der Waals surface area contributed by atoms with Crippen molar-refractivity contribution >= 4 is 5.69 Å². The van der Waals surface area contributed by atoms with Gasteiger partial charge in [-0.3, -0.25) is 0 Å². The van der Waals surface area contributed by atoms with Crippen LogP contribution >= 0.6 is 0 Å². The molecule has 2 N–H and O–H groups in total. The minimum absolute atomic E-state index is 0.646. The summed E-state index contributed by atoms with van der Waals surface area (Å²) in [5, 5.41) is 0. The van der Waals surface area contributed by atoms with Crippen LogP contribution in [0.2, 0.25) is 0 Å². The lowest BCUT2D eigenvalue weighted by atomic mass is 10.1. The molecule has 0 amide bonds. The van der Waals surface area contributed by atoms with Crippen molar-refractivity contribution in [2.45, 2.75) is 38.8 Å². The predicted molar refractivity (Wildman–Crippen MR) is 67.5 cm³/mol. The van der Waals surface area contributed by atoms with E-state index in [4.69, 9.17) is 5.73 Å². The maximum absolute atomic E-state index is 5.67. The van der Waals surface area contributed by atoms with Crippen molar-refractivity contribution in [2.75, 3.05) is 11.4 Å². The van der Waals surface area contributed by atoms with Crippen LogP contribution in [-0.4, -0.2) is 12.6 Å². The SMILES string of the molecule is Cc1cc(CN)ccc1N1CC2CCC1C2. The second-order valence-corrected chi connectivity index (χ2v) is 5.31. The number of nitrogens with zero attached hydrogens (tertiary/aromatic N) is 1. The van der Waals surface area contributed by atoms with Crippen LogP contribution in [0.4, 0.5) is 5.69 Å². The van der Waals surface area contributed by atoms with Gasteiger partial charge < -0.3 is 10.6 Å². The summed E-state index contributed by atoms with van der Waals surface area (Å²) in [6, 6.07) is 7.49. The third kappa shape index (κ3) is 1.52. The Morgan fingerprint density at radius 1 is 1.38 bits per heavy atom. The Balaban J connectivity index is 1.89. The topological polar surface area (TPSA) is 29.3 Å². The highest BCUT2D eigenvalue weighted by Crippen LogP contribution is 2.41. The number of piperidine rings is 1. The fourth-order valence-electron chi connectivity index (χ4n) is 3.39. The molecule has 2 aliphatic rings. The highest BCUT2D eigenvalue weighted by molar-refractivity contribution is 5.56. The lowest BCUT2D eigenvalue weighted by molar-refractivity contribution is 0.553. The molecule has 2 bridgehead atoms. The van der Waals surface area contributed by atoms with Gasteiger partial charge in [-0.2, -0.15) is 0 Å². The van der Waals surface area contributed by atoms with Crippen molar-refractivity contribution in [3.8, 4) is 0 Å². The normalized spacial score (nSPS) is 27.8. The molecule has 2 unspecified atom stereocenters. The Labute approximate surface area is 97.4 Å². The van der Waals surface area contributed by atoms with Crippen LogP contribution in [0.25, 0.3) is 0 Å². The molecule has 1 saturated carbocycles. The van der Waals surface area contributed by atoms with Gasteiger partial charge in [0.15, 0.2) is 0 Å². The van der Waals surface area contributed by atoms with Gasteiger partial charge in [-0.25, -0.2) is 0 Å². The quantitative estimate of drug-likeness (QED) is 0.822. The van der Waals surface area contributed by atoms with Crippen LogP contribution < -0.4 is 10.6 Å². The van der Waals surface area contributed by atoms with Gasteiger partial charge in [0.1, 0.15) is 0 Å². The minimum atomic E-state index is 0.646. The van der Waals surface area contributed by atoms with Crippen molar-refractivity contribution in [3.63, 3.8) is 0 Å². The molecular weight excluding hydrogens is 196 g/mol. The van der Waals surface area contributed by atoms with E-state index in [2.05, 4.69) is 30.0 Å². The number of nitrogens with two attached hydrogens (primary N) is 1. The first-order valence-electron chi connectivity index (χ1n) is 6.34. The highest BCUT2D eigenvalue weighted by Gasteiger charge is 2.38. The largest absolute Gasteiger partial charge is 0.368 e. The molecule has 1 aromatic rings. The van der Waals surface area contributed by atoms with E-state index in [9.17, 15) is 0 Å². The molecule has 3 rings (SSSR count). The van der Waals surface area contributed by atoms with Crippen LogP contribution in [0, 0.1) is 12.8 Å². The predicted octanol–water partition coefficient (Wildman–Crippen LogP) is 2.44. The molecule has 0 radical (unpaired) electrons. The van der Waals surface area contributed by atoms with Crippen LogP contribution in [0.1, 0.15) is 30.4 Å². The van der Waals surface area contributed by atoms with E-state index in [1.807, 2.05) is 0 Å². The van der Waals surface area contributed by atoms with Crippen LogP contribution in [0.5, 0.6) is 0 Å². The van der Waals surface area contributed by atoms with Crippen molar-refractivity contribution in [1.82, 2.24) is 0 Å². The molecule has 2 nitrogen and oxygen atoms in total. The van der Waals surface area contributed by atoms with Gasteiger partial charge in [0.05, 0.1) is 0 Å². The third-order valence-corrected chi connectivity index (χ3v) is 4.22. The first-order valence-corrected chi connectivity index (χ1v) is 6.34. The van der Waals surface area contributed by atoms with Gasteiger partial charge >= 0.3 is 0 Å². The van der Waals surface area contributed by atoms with Gasteiger partial charge in [-0.15, -0.1) is 0 Å². The van der Waals surface area contributed by atoms with Gasteiger partial charge in [0, 0.05) is 24.8 Å². The average molecular weight is 216 g/mol. The van der Waals surface area contributed by atoms with Gasteiger partial charge in [-0.05, 0) is 49.3 Å².